The van der Waals surface area contributed by atoms with Gasteiger partial charge in [0, 0.05) is 31.6 Å². The summed E-state index contributed by atoms with van der Waals surface area (Å²) in [6.45, 7) is 4.09. The van der Waals surface area contributed by atoms with E-state index >= 15 is 0 Å². The largest absolute Gasteiger partial charge is 0.353 e. The first-order valence-electron chi connectivity index (χ1n) is 10.6. The molecule has 1 N–H and O–H groups in total. The van der Waals surface area contributed by atoms with Gasteiger partial charge in [0.2, 0.25) is 27.6 Å². The molecule has 30 heavy (non-hydrogen) atoms. The van der Waals surface area contributed by atoms with E-state index in [0.29, 0.717) is 42.2 Å². The molecule has 2 aliphatic rings. The molecule has 0 bridgehead atoms. The highest BCUT2D eigenvalue weighted by atomic mass is 32.2. The Morgan fingerprint density at radius 1 is 1.17 bits per heavy atom. The van der Waals surface area contributed by atoms with Crippen molar-refractivity contribution in [3.63, 3.8) is 0 Å². The first-order chi connectivity index (χ1) is 14.3. The van der Waals surface area contributed by atoms with Gasteiger partial charge < -0.3 is 9.84 Å². The normalized spacial score (nSPS) is 21.1. The van der Waals surface area contributed by atoms with Crippen LogP contribution in [0.1, 0.15) is 50.0 Å². The molecule has 1 aromatic carbocycles. The van der Waals surface area contributed by atoms with Gasteiger partial charge in [-0.3, -0.25) is 4.79 Å². The zero-order chi connectivity index (χ0) is 21.3. The van der Waals surface area contributed by atoms with E-state index in [1.54, 1.807) is 32.0 Å². The molecule has 0 radical (unpaired) electrons. The Labute approximate surface area is 177 Å². The fraction of sp³-hybridized carbons (Fsp3) is 0.571. The zero-order valence-corrected chi connectivity index (χ0v) is 18.2. The standard InChI is InChI=1S/C21H28N4O4S/c1-14-9-10-16(20-22-15(2)29-24-20)12-19(14)30(27,28)25-11-5-6-17(13-25)21(26)23-18-7-3-4-8-18/h9-10,12,17-18H,3-8,11,13H2,1-2H3,(H,23,26). The minimum Gasteiger partial charge on any atom is -0.353 e. The second-order valence-electron chi connectivity index (χ2n) is 8.31. The maximum absolute atomic E-state index is 13.4. The SMILES string of the molecule is Cc1nc(-c2ccc(C)c(S(=O)(=O)N3CCCC(C(=O)NC4CCCC4)C3)c2)no1. The lowest BCUT2D eigenvalue weighted by Gasteiger charge is -2.32. The minimum atomic E-state index is -3.74. The minimum absolute atomic E-state index is 0.0189. The highest BCUT2D eigenvalue weighted by Crippen LogP contribution is 2.29. The lowest BCUT2D eigenvalue weighted by atomic mass is 9.98. The predicted octanol–water partition coefficient (Wildman–Crippen LogP) is 2.81. The van der Waals surface area contributed by atoms with Gasteiger partial charge in [0.1, 0.15) is 0 Å². The van der Waals surface area contributed by atoms with Crippen molar-refractivity contribution in [3.8, 4) is 11.4 Å². The number of hydrogen-bond acceptors (Lipinski definition) is 6. The van der Waals surface area contributed by atoms with Crippen molar-refractivity contribution >= 4 is 15.9 Å². The van der Waals surface area contributed by atoms with E-state index in [9.17, 15) is 13.2 Å². The maximum Gasteiger partial charge on any atom is 0.243 e. The van der Waals surface area contributed by atoms with Crippen LogP contribution in [0.3, 0.4) is 0 Å². The number of sulfonamides is 1. The fourth-order valence-electron chi connectivity index (χ4n) is 4.34. The van der Waals surface area contributed by atoms with E-state index in [1.807, 2.05) is 0 Å². The van der Waals surface area contributed by atoms with Crippen molar-refractivity contribution < 1.29 is 17.7 Å². The predicted molar refractivity (Wildman–Crippen MR) is 111 cm³/mol. The van der Waals surface area contributed by atoms with Gasteiger partial charge >= 0.3 is 0 Å². The number of rotatable bonds is 5. The van der Waals surface area contributed by atoms with Crippen molar-refractivity contribution in [2.24, 2.45) is 5.92 Å². The van der Waals surface area contributed by atoms with Crippen LogP contribution >= 0.6 is 0 Å². The monoisotopic (exact) mass is 432 g/mol. The fourth-order valence-corrected chi connectivity index (χ4v) is 6.11. The first-order valence-corrected chi connectivity index (χ1v) is 12.0. The maximum atomic E-state index is 13.4. The Balaban J connectivity index is 1.54. The molecular formula is C21H28N4O4S. The molecule has 2 aromatic rings. The second kappa shape index (κ2) is 8.47. The van der Waals surface area contributed by atoms with E-state index in [4.69, 9.17) is 4.52 Å². The van der Waals surface area contributed by atoms with Crippen molar-refractivity contribution in [2.75, 3.05) is 13.1 Å². The van der Waals surface area contributed by atoms with E-state index in [0.717, 1.165) is 25.7 Å². The van der Waals surface area contributed by atoms with Crippen LogP contribution in [0.15, 0.2) is 27.6 Å². The smallest absolute Gasteiger partial charge is 0.243 e. The third-order valence-electron chi connectivity index (χ3n) is 6.05. The molecule has 1 aliphatic heterocycles. The Bertz CT molecular complexity index is 1030. The lowest BCUT2D eigenvalue weighted by Crippen LogP contribution is -2.47. The third-order valence-corrected chi connectivity index (χ3v) is 8.06. The Kier molecular flexibility index (Phi) is 5.92. The number of nitrogens with one attached hydrogen (secondary N) is 1. The average Bonchev–Trinajstić information content (AvgIpc) is 3.40. The first kappa shape index (κ1) is 21.0. The summed E-state index contributed by atoms with van der Waals surface area (Å²) in [5.41, 5.74) is 1.24. The number of nitrogens with zero attached hydrogens (tertiary/aromatic N) is 3. The van der Waals surface area contributed by atoms with Gasteiger partial charge in [0.05, 0.1) is 10.8 Å². The Morgan fingerprint density at radius 2 is 1.93 bits per heavy atom. The van der Waals surface area contributed by atoms with E-state index in [1.165, 1.54) is 4.31 Å². The summed E-state index contributed by atoms with van der Waals surface area (Å²) >= 11 is 0. The molecule has 2 heterocycles. The summed E-state index contributed by atoms with van der Waals surface area (Å²) in [6.07, 6.45) is 5.71. The van der Waals surface area contributed by atoms with Crippen LogP contribution in [0.2, 0.25) is 0 Å². The van der Waals surface area contributed by atoms with E-state index in [2.05, 4.69) is 15.5 Å². The van der Waals surface area contributed by atoms with Crippen LogP contribution < -0.4 is 5.32 Å². The van der Waals surface area contributed by atoms with Crippen LogP contribution in [0.25, 0.3) is 11.4 Å². The van der Waals surface area contributed by atoms with E-state index < -0.39 is 10.0 Å². The molecule has 1 unspecified atom stereocenters. The Hall–Kier alpha value is -2.26. The van der Waals surface area contributed by atoms with Gasteiger partial charge in [0.25, 0.3) is 0 Å². The Morgan fingerprint density at radius 3 is 2.63 bits per heavy atom. The summed E-state index contributed by atoms with van der Waals surface area (Å²) in [5.74, 6) is 0.450. The van der Waals surface area contributed by atoms with Crippen LogP contribution in [-0.2, 0) is 14.8 Å². The number of amides is 1. The highest BCUT2D eigenvalue weighted by molar-refractivity contribution is 7.89. The average molecular weight is 433 g/mol. The van der Waals surface area contributed by atoms with Crippen molar-refractivity contribution in [1.29, 1.82) is 0 Å². The zero-order valence-electron chi connectivity index (χ0n) is 17.4. The van der Waals surface area contributed by atoms with E-state index in [-0.39, 0.29) is 29.3 Å². The summed E-state index contributed by atoms with van der Waals surface area (Å²) in [5, 5.41) is 7.01. The topological polar surface area (TPSA) is 105 Å². The molecule has 2 fully saturated rings. The molecule has 8 nitrogen and oxygen atoms in total. The number of carbonyl (C=O) groups is 1. The highest BCUT2D eigenvalue weighted by Gasteiger charge is 2.35. The number of benzene rings is 1. The number of aryl methyl sites for hydroxylation is 2. The van der Waals surface area contributed by atoms with Crippen LogP contribution in [0.4, 0.5) is 0 Å². The molecular weight excluding hydrogens is 404 g/mol. The van der Waals surface area contributed by atoms with Crippen LogP contribution in [0.5, 0.6) is 0 Å². The molecule has 162 valence electrons. The lowest BCUT2D eigenvalue weighted by molar-refractivity contribution is -0.126. The van der Waals surface area contributed by atoms with Gasteiger partial charge in [-0.05, 0) is 44.2 Å². The number of carbonyl (C=O) groups excluding carboxylic acids is 1. The van der Waals surface area contributed by atoms with Crippen molar-refractivity contribution in [3.05, 3.63) is 29.7 Å². The number of aromatic nitrogens is 2. The summed E-state index contributed by atoms with van der Waals surface area (Å²) in [6, 6.07) is 5.37. The van der Waals surface area contributed by atoms with Gasteiger partial charge in [-0.2, -0.15) is 9.29 Å². The summed E-state index contributed by atoms with van der Waals surface area (Å²) in [7, 11) is -3.74. The number of piperidine rings is 1. The molecule has 1 aliphatic carbocycles. The summed E-state index contributed by atoms with van der Waals surface area (Å²) in [4.78, 5) is 17.1. The molecule has 4 rings (SSSR count). The van der Waals surface area contributed by atoms with Gasteiger partial charge in [-0.25, -0.2) is 8.42 Å². The van der Waals surface area contributed by atoms with Gasteiger partial charge in [0.15, 0.2) is 0 Å². The van der Waals surface area contributed by atoms with Crippen LogP contribution in [0, 0.1) is 19.8 Å². The molecule has 1 atom stereocenters. The van der Waals surface area contributed by atoms with Crippen molar-refractivity contribution in [1.82, 2.24) is 19.8 Å². The van der Waals surface area contributed by atoms with Gasteiger partial charge in [-0.15, -0.1) is 0 Å². The van der Waals surface area contributed by atoms with Crippen molar-refractivity contribution in [2.45, 2.75) is 63.3 Å². The second-order valence-corrected chi connectivity index (χ2v) is 10.2. The van der Waals surface area contributed by atoms with Gasteiger partial charge in [-0.1, -0.05) is 30.1 Å². The summed E-state index contributed by atoms with van der Waals surface area (Å²) < 4.78 is 33.3. The molecule has 9 heteroatoms. The molecule has 0 spiro atoms. The molecule has 1 saturated carbocycles. The van der Waals surface area contributed by atoms with Crippen LogP contribution in [-0.4, -0.2) is 47.9 Å². The molecule has 1 saturated heterocycles. The molecule has 1 amide bonds. The molecule has 1 aromatic heterocycles. The number of hydrogen-bond donors (Lipinski definition) is 1. The quantitative estimate of drug-likeness (QED) is 0.779. The third kappa shape index (κ3) is 4.27.